The fraction of sp³-hybridized carbons (Fsp3) is 0.250. The van der Waals surface area contributed by atoms with Crippen molar-refractivity contribution in [3.05, 3.63) is 46.2 Å². The highest BCUT2D eigenvalue weighted by molar-refractivity contribution is 7.09. The summed E-state index contributed by atoms with van der Waals surface area (Å²) in [5.74, 6) is 5.68. The molecule has 3 N–H and O–H groups in total. The molecule has 0 bridgehead atoms. The van der Waals surface area contributed by atoms with Crippen LogP contribution >= 0.6 is 11.3 Å². The second-order valence-corrected chi connectivity index (χ2v) is 4.72. The molecule has 1 aromatic heterocycles. The predicted octanol–water partition coefficient (Wildman–Crippen LogP) is 2.04. The molecule has 1 unspecified atom stereocenters. The highest BCUT2D eigenvalue weighted by Gasteiger charge is 2.20. The largest absolute Gasteiger partial charge is 0.496 e. The topological polar surface area (TPSA) is 60.2 Å². The third-order valence-electron chi connectivity index (χ3n) is 2.67. The molecule has 0 aliphatic carbocycles. The van der Waals surface area contributed by atoms with Gasteiger partial charge in [0.15, 0.2) is 0 Å². The Labute approximate surface area is 109 Å². The highest BCUT2D eigenvalue weighted by atomic mass is 32.1. The lowest BCUT2D eigenvalue weighted by Gasteiger charge is -2.18. The summed E-state index contributed by atoms with van der Waals surface area (Å²) in [5, 5.41) is 0. The molecule has 96 valence electrons. The number of benzene rings is 1. The number of hydrazine groups is 1. The number of nitrogens with one attached hydrogen (secondary N) is 1. The smallest absolute Gasteiger partial charge is 0.131 e. The van der Waals surface area contributed by atoms with E-state index in [1.54, 1.807) is 23.8 Å². The van der Waals surface area contributed by atoms with Crippen LogP contribution in [0.2, 0.25) is 0 Å². The molecule has 1 heterocycles. The lowest BCUT2D eigenvalue weighted by Crippen LogP contribution is -2.30. The molecular formula is C12H14FN3OS. The van der Waals surface area contributed by atoms with Crippen LogP contribution < -0.4 is 16.0 Å². The van der Waals surface area contributed by atoms with Gasteiger partial charge in [0.2, 0.25) is 0 Å². The molecule has 0 saturated carbocycles. The first-order valence-electron chi connectivity index (χ1n) is 5.42. The summed E-state index contributed by atoms with van der Waals surface area (Å²) < 4.78 is 19.1. The first kappa shape index (κ1) is 12.9. The van der Waals surface area contributed by atoms with Gasteiger partial charge in [-0.2, -0.15) is 0 Å². The van der Waals surface area contributed by atoms with E-state index in [1.807, 2.05) is 0 Å². The second kappa shape index (κ2) is 5.90. The van der Waals surface area contributed by atoms with Crippen molar-refractivity contribution in [3.8, 4) is 5.75 Å². The Bertz CT molecular complexity index is 504. The molecule has 0 aliphatic heterocycles. The minimum absolute atomic E-state index is 0.332. The van der Waals surface area contributed by atoms with Gasteiger partial charge in [-0.3, -0.25) is 16.3 Å². The minimum atomic E-state index is -0.346. The summed E-state index contributed by atoms with van der Waals surface area (Å²) in [6.45, 7) is 0. The monoisotopic (exact) mass is 267 g/mol. The van der Waals surface area contributed by atoms with E-state index in [-0.39, 0.29) is 11.9 Å². The van der Waals surface area contributed by atoms with Gasteiger partial charge < -0.3 is 4.74 Å². The van der Waals surface area contributed by atoms with Gasteiger partial charge in [-0.15, -0.1) is 11.3 Å². The molecule has 0 amide bonds. The van der Waals surface area contributed by atoms with E-state index in [2.05, 4.69) is 10.4 Å². The van der Waals surface area contributed by atoms with E-state index in [0.29, 0.717) is 17.7 Å². The van der Waals surface area contributed by atoms with Crippen molar-refractivity contribution in [2.24, 2.45) is 5.84 Å². The standard InChI is InChI=1S/C12H14FN3OS/c1-17-11-4-2-3-9(13)12(11)10(16-14)5-8-6-15-7-18-8/h2-4,6-7,10,16H,5,14H2,1H3. The number of halogens is 1. The number of aromatic nitrogens is 1. The van der Waals surface area contributed by atoms with Crippen molar-refractivity contribution < 1.29 is 9.13 Å². The number of thiazole rings is 1. The lowest BCUT2D eigenvalue weighted by atomic mass is 10.0. The fourth-order valence-electron chi connectivity index (χ4n) is 1.82. The van der Waals surface area contributed by atoms with Gasteiger partial charge in [0.25, 0.3) is 0 Å². The first-order chi connectivity index (χ1) is 8.76. The summed E-state index contributed by atoms with van der Waals surface area (Å²) in [7, 11) is 1.51. The maximum absolute atomic E-state index is 13.9. The second-order valence-electron chi connectivity index (χ2n) is 3.75. The SMILES string of the molecule is COc1cccc(F)c1C(Cc1cncs1)NN. The Hall–Kier alpha value is -1.50. The molecule has 0 spiro atoms. The highest BCUT2D eigenvalue weighted by Crippen LogP contribution is 2.30. The van der Waals surface area contributed by atoms with Crippen LogP contribution in [0.5, 0.6) is 5.75 Å². The third kappa shape index (κ3) is 2.66. The van der Waals surface area contributed by atoms with E-state index >= 15 is 0 Å². The average Bonchev–Trinajstić information content (AvgIpc) is 2.89. The van der Waals surface area contributed by atoms with Gasteiger partial charge in [-0.05, 0) is 12.1 Å². The van der Waals surface area contributed by atoms with E-state index in [0.717, 1.165) is 4.88 Å². The molecule has 0 radical (unpaired) electrons. The van der Waals surface area contributed by atoms with Crippen molar-refractivity contribution >= 4 is 11.3 Å². The van der Waals surface area contributed by atoms with Crippen LogP contribution in [0.25, 0.3) is 0 Å². The fourth-order valence-corrected chi connectivity index (χ4v) is 2.46. The van der Waals surface area contributed by atoms with Crippen molar-refractivity contribution in [1.29, 1.82) is 0 Å². The molecule has 0 aliphatic rings. The van der Waals surface area contributed by atoms with Crippen LogP contribution in [-0.4, -0.2) is 12.1 Å². The quantitative estimate of drug-likeness (QED) is 0.643. The van der Waals surface area contributed by atoms with Crippen LogP contribution in [-0.2, 0) is 6.42 Å². The number of nitrogens with zero attached hydrogens (tertiary/aromatic N) is 1. The van der Waals surface area contributed by atoms with E-state index < -0.39 is 0 Å². The van der Waals surface area contributed by atoms with E-state index in [1.165, 1.54) is 24.5 Å². The van der Waals surface area contributed by atoms with Crippen LogP contribution in [0, 0.1) is 5.82 Å². The maximum Gasteiger partial charge on any atom is 0.131 e. The van der Waals surface area contributed by atoms with Gasteiger partial charge in [-0.25, -0.2) is 4.39 Å². The van der Waals surface area contributed by atoms with Crippen LogP contribution in [0.4, 0.5) is 4.39 Å². The van der Waals surface area contributed by atoms with Crippen LogP contribution in [0.1, 0.15) is 16.5 Å². The molecule has 0 saturated heterocycles. The number of nitrogens with two attached hydrogens (primary N) is 1. The van der Waals surface area contributed by atoms with Crippen molar-refractivity contribution in [3.63, 3.8) is 0 Å². The average molecular weight is 267 g/mol. The molecule has 18 heavy (non-hydrogen) atoms. The predicted molar refractivity (Wildman–Crippen MR) is 68.8 cm³/mol. The molecule has 2 rings (SSSR count). The summed E-state index contributed by atoms with van der Waals surface area (Å²) in [6, 6.07) is 4.38. The van der Waals surface area contributed by atoms with Crippen molar-refractivity contribution in [1.82, 2.24) is 10.4 Å². The maximum atomic E-state index is 13.9. The molecule has 1 atom stereocenters. The normalized spacial score (nSPS) is 12.4. The molecule has 1 aromatic carbocycles. The zero-order chi connectivity index (χ0) is 13.0. The van der Waals surface area contributed by atoms with E-state index in [9.17, 15) is 4.39 Å². The Morgan fingerprint density at radius 3 is 3.00 bits per heavy atom. The summed E-state index contributed by atoms with van der Waals surface area (Å²) >= 11 is 1.51. The Morgan fingerprint density at radius 1 is 1.56 bits per heavy atom. The van der Waals surface area contributed by atoms with Gasteiger partial charge in [0.1, 0.15) is 11.6 Å². The summed E-state index contributed by atoms with van der Waals surface area (Å²) in [6.07, 6.45) is 2.32. The number of rotatable bonds is 5. The first-order valence-corrected chi connectivity index (χ1v) is 6.30. The van der Waals surface area contributed by atoms with Crippen LogP contribution in [0.3, 0.4) is 0 Å². The molecule has 6 heteroatoms. The van der Waals surface area contributed by atoms with Crippen molar-refractivity contribution in [2.45, 2.75) is 12.5 Å². The molecular weight excluding hydrogens is 253 g/mol. The zero-order valence-corrected chi connectivity index (χ0v) is 10.7. The van der Waals surface area contributed by atoms with E-state index in [4.69, 9.17) is 10.6 Å². The lowest BCUT2D eigenvalue weighted by molar-refractivity contribution is 0.390. The number of methoxy groups -OCH3 is 1. The summed E-state index contributed by atoms with van der Waals surface area (Å²) in [5.41, 5.74) is 4.81. The molecule has 4 nitrogen and oxygen atoms in total. The van der Waals surface area contributed by atoms with Crippen LogP contribution in [0.15, 0.2) is 29.9 Å². The van der Waals surface area contributed by atoms with Gasteiger partial charge in [0, 0.05) is 23.1 Å². The number of ether oxygens (including phenoxy) is 1. The van der Waals surface area contributed by atoms with Gasteiger partial charge in [0.05, 0.1) is 18.7 Å². The zero-order valence-electron chi connectivity index (χ0n) is 9.89. The minimum Gasteiger partial charge on any atom is -0.496 e. The Morgan fingerprint density at radius 2 is 2.39 bits per heavy atom. The molecule has 0 fully saturated rings. The number of hydrogen-bond acceptors (Lipinski definition) is 5. The van der Waals surface area contributed by atoms with Gasteiger partial charge in [-0.1, -0.05) is 6.07 Å². The number of hydrogen-bond donors (Lipinski definition) is 2. The third-order valence-corrected chi connectivity index (χ3v) is 3.47. The summed E-state index contributed by atoms with van der Waals surface area (Å²) in [4.78, 5) is 5.02. The van der Waals surface area contributed by atoms with Crippen molar-refractivity contribution in [2.75, 3.05) is 7.11 Å². The Balaban J connectivity index is 2.32. The molecule has 2 aromatic rings. The Kier molecular flexibility index (Phi) is 4.24. The van der Waals surface area contributed by atoms with Gasteiger partial charge >= 0.3 is 0 Å².